The molecule has 1 aliphatic rings. The molecule has 0 spiro atoms. The zero-order chi connectivity index (χ0) is 27.6. The van der Waals surface area contributed by atoms with E-state index in [0.29, 0.717) is 37.3 Å². The van der Waals surface area contributed by atoms with Crippen LogP contribution in [0.25, 0.3) is 22.0 Å². The lowest BCUT2D eigenvalue weighted by Gasteiger charge is -2.34. The van der Waals surface area contributed by atoms with Crippen LogP contribution < -0.4 is 0 Å². The van der Waals surface area contributed by atoms with Crippen molar-refractivity contribution >= 4 is 26.9 Å². The number of nitrogens with zero attached hydrogens (tertiary/aromatic N) is 2. The third kappa shape index (κ3) is 5.76. The number of hydrogen-bond acceptors (Lipinski definition) is 4. The van der Waals surface area contributed by atoms with Gasteiger partial charge in [0.1, 0.15) is 0 Å². The van der Waals surface area contributed by atoms with Crippen molar-refractivity contribution in [3.05, 3.63) is 95.2 Å². The average Bonchev–Trinajstić information content (AvgIpc) is 3.41. The minimum Gasteiger partial charge on any atom is -0.478 e. The topological polar surface area (TPSA) is 93.7 Å². The van der Waals surface area contributed by atoms with Crippen molar-refractivity contribution in [1.82, 2.24) is 14.2 Å². The maximum atomic E-state index is 12.4. The summed E-state index contributed by atoms with van der Waals surface area (Å²) in [6.45, 7) is 6.61. The first-order valence-corrected chi connectivity index (χ1v) is 14.5. The van der Waals surface area contributed by atoms with Gasteiger partial charge in [0.15, 0.2) is 0 Å². The lowest BCUT2D eigenvalue weighted by atomic mass is 9.93. The van der Waals surface area contributed by atoms with Crippen molar-refractivity contribution in [1.29, 1.82) is 0 Å². The van der Waals surface area contributed by atoms with E-state index in [4.69, 9.17) is 0 Å². The summed E-state index contributed by atoms with van der Waals surface area (Å²) < 4.78 is 26.4. The van der Waals surface area contributed by atoms with Crippen LogP contribution in [0, 0.1) is 11.8 Å². The zero-order valence-electron chi connectivity index (χ0n) is 22.0. The summed E-state index contributed by atoms with van der Waals surface area (Å²) in [6, 6.07) is 21.0. The number of fused-ring (bicyclic) bond motifs is 1. The molecular weight excluding hydrogens is 510 g/mol. The van der Waals surface area contributed by atoms with Gasteiger partial charge < -0.3 is 10.1 Å². The van der Waals surface area contributed by atoms with Gasteiger partial charge in [0.25, 0.3) is 0 Å². The van der Waals surface area contributed by atoms with Crippen molar-refractivity contribution in [3.63, 3.8) is 0 Å². The van der Waals surface area contributed by atoms with Crippen molar-refractivity contribution in [2.75, 3.05) is 26.2 Å². The van der Waals surface area contributed by atoms with E-state index in [-0.39, 0.29) is 5.56 Å². The van der Waals surface area contributed by atoms with Crippen LogP contribution in [0.1, 0.15) is 40.9 Å². The number of hydrogen-bond donors (Lipinski definition) is 2. The Morgan fingerprint density at radius 1 is 0.974 bits per heavy atom. The highest BCUT2D eigenvalue weighted by atomic mass is 32.2. The SMILES string of the molecule is CC(C)S(=O)(=O)N1CCN(Cc2ccc(C#Cc3cccc(C(=O)O)c3-c3ccc4cc[nH]c4c3)cc2)CC1. The van der Waals surface area contributed by atoms with Crippen LogP contribution in [0.2, 0.25) is 0 Å². The number of piperazine rings is 1. The molecule has 3 aromatic carbocycles. The number of carboxylic acid groups (broad SMARTS) is 1. The molecule has 0 atom stereocenters. The van der Waals surface area contributed by atoms with Crippen LogP contribution in [0.3, 0.4) is 0 Å². The summed E-state index contributed by atoms with van der Waals surface area (Å²) in [7, 11) is -3.21. The lowest BCUT2D eigenvalue weighted by molar-refractivity contribution is 0.0697. The van der Waals surface area contributed by atoms with E-state index in [0.717, 1.165) is 34.1 Å². The smallest absolute Gasteiger partial charge is 0.336 e. The fourth-order valence-corrected chi connectivity index (χ4v) is 6.15. The van der Waals surface area contributed by atoms with Crippen LogP contribution in [-0.4, -0.2) is 65.1 Å². The maximum Gasteiger partial charge on any atom is 0.336 e. The Labute approximate surface area is 229 Å². The molecule has 200 valence electrons. The quantitative estimate of drug-likeness (QED) is 0.343. The molecule has 0 saturated carbocycles. The van der Waals surface area contributed by atoms with Crippen LogP contribution in [0.4, 0.5) is 0 Å². The second-order valence-corrected chi connectivity index (χ2v) is 12.5. The van der Waals surface area contributed by atoms with Crippen molar-refractivity contribution < 1.29 is 18.3 Å². The molecule has 8 heteroatoms. The lowest BCUT2D eigenvalue weighted by Crippen LogP contribution is -2.49. The molecule has 1 saturated heterocycles. The molecule has 2 N–H and O–H groups in total. The zero-order valence-corrected chi connectivity index (χ0v) is 22.8. The van der Waals surface area contributed by atoms with Gasteiger partial charge in [-0.3, -0.25) is 4.90 Å². The second kappa shape index (κ2) is 11.1. The number of aromatic nitrogens is 1. The van der Waals surface area contributed by atoms with E-state index in [1.807, 2.05) is 60.8 Å². The summed E-state index contributed by atoms with van der Waals surface area (Å²) in [5, 5.41) is 10.5. The average molecular weight is 542 g/mol. The first kappa shape index (κ1) is 26.7. The van der Waals surface area contributed by atoms with E-state index in [1.165, 1.54) is 0 Å². The van der Waals surface area contributed by atoms with Gasteiger partial charge in [-0.15, -0.1) is 0 Å². The molecular formula is C31H31N3O4S. The molecule has 39 heavy (non-hydrogen) atoms. The molecule has 0 aliphatic carbocycles. The highest BCUT2D eigenvalue weighted by molar-refractivity contribution is 7.89. The van der Waals surface area contributed by atoms with E-state index in [2.05, 4.69) is 21.7 Å². The Hall–Kier alpha value is -3.90. The summed E-state index contributed by atoms with van der Waals surface area (Å²) in [5.41, 5.74) is 5.16. The third-order valence-electron chi connectivity index (χ3n) is 7.13. The fraction of sp³-hybridized carbons (Fsp3) is 0.258. The molecule has 0 amide bonds. The van der Waals surface area contributed by atoms with E-state index >= 15 is 0 Å². The Morgan fingerprint density at radius 2 is 1.72 bits per heavy atom. The van der Waals surface area contributed by atoms with Gasteiger partial charge in [0.2, 0.25) is 10.0 Å². The molecule has 1 aromatic heterocycles. The second-order valence-electron chi connectivity index (χ2n) is 10.0. The molecule has 1 aliphatic heterocycles. The summed E-state index contributed by atoms with van der Waals surface area (Å²) in [5.74, 6) is 5.40. The van der Waals surface area contributed by atoms with Gasteiger partial charge in [0.05, 0.1) is 10.8 Å². The molecule has 4 aromatic rings. The molecule has 5 rings (SSSR count). The predicted molar refractivity (Wildman–Crippen MR) is 154 cm³/mol. The molecule has 0 unspecified atom stereocenters. The van der Waals surface area contributed by atoms with Gasteiger partial charge in [0, 0.05) is 61.1 Å². The largest absolute Gasteiger partial charge is 0.478 e. The van der Waals surface area contributed by atoms with E-state index < -0.39 is 21.2 Å². The highest BCUT2D eigenvalue weighted by Crippen LogP contribution is 2.30. The first-order valence-electron chi connectivity index (χ1n) is 13.0. The van der Waals surface area contributed by atoms with Gasteiger partial charge in [-0.05, 0) is 66.8 Å². The number of aromatic amines is 1. The van der Waals surface area contributed by atoms with Gasteiger partial charge in [-0.2, -0.15) is 4.31 Å². The van der Waals surface area contributed by atoms with E-state index in [1.54, 1.807) is 30.3 Å². The fourth-order valence-electron chi connectivity index (χ4n) is 4.88. The van der Waals surface area contributed by atoms with Crippen LogP contribution in [0.15, 0.2) is 72.9 Å². The van der Waals surface area contributed by atoms with Crippen molar-refractivity contribution in [2.24, 2.45) is 0 Å². The summed E-state index contributed by atoms with van der Waals surface area (Å²) >= 11 is 0. The Morgan fingerprint density at radius 3 is 2.41 bits per heavy atom. The minimum absolute atomic E-state index is 0.212. The Bertz CT molecular complexity index is 1670. The highest BCUT2D eigenvalue weighted by Gasteiger charge is 2.29. The van der Waals surface area contributed by atoms with Crippen LogP contribution in [0.5, 0.6) is 0 Å². The molecule has 7 nitrogen and oxygen atoms in total. The summed E-state index contributed by atoms with van der Waals surface area (Å²) in [6.07, 6.45) is 1.86. The van der Waals surface area contributed by atoms with E-state index in [9.17, 15) is 18.3 Å². The molecule has 0 bridgehead atoms. The normalized spacial score (nSPS) is 14.8. The number of carbonyl (C=O) groups is 1. The third-order valence-corrected chi connectivity index (χ3v) is 9.40. The number of nitrogens with one attached hydrogen (secondary N) is 1. The van der Waals surface area contributed by atoms with Gasteiger partial charge >= 0.3 is 5.97 Å². The van der Waals surface area contributed by atoms with Crippen molar-refractivity contribution in [3.8, 4) is 23.0 Å². The van der Waals surface area contributed by atoms with Crippen LogP contribution in [-0.2, 0) is 16.6 Å². The van der Waals surface area contributed by atoms with Crippen molar-refractivity contribution in [2.45, 2.75) is 25.6 Å². The van der Waals surface area contributed by atoms with Crippen LogP contribution >= 0.6 is 0 Å². The number of sulfonamides is 1. The number of H-pyrrole nitrogens is 1. The number of rotatable bonds is 6. The summed E-state index contributed by atoms with van der Waals surface area (Å²) in [4.78, 5) is 17.5. The molecule has 0 radical (unpaired) electrons. The monoisotopic (exact) mass is 541 g/mol. The van der Waals surface area contributed by atoms with Gasteiger partial charge in [-0.25, -0.2) is 13.2 Å². The van der Waals surface area contributed by atoms with Gasteiger partial charge in [-0.1, -0.05) is 42.2 Å². The maximum absolute atomic E-state index is 12.4. The number of benzene rings is 3. The number of aromatic carboxylic acids is 1. The Balaban J connectivity index is 1.32. The number of carboxylic acids is 1. The first-order chi connectivity index (χ1) is 18.7. The standard InChI is InChI=1S/C31H31N3O4S/c1-22(2)39(37,38)34-18-16-33(17-19-34)21-24-8-6-23(7-9-24)10-11-26-4-3-5-28(31(35)36)30(26)27-13-12-25-14-15-32-29(25)20-27/h3-9,12-15,20,22,32H,16-19,21H2,1-2H3,(H,35,36). The Kier molecular flexibility index (Phi) is 7.58. The molecule has 2 heterocycles. The predicted octanol–water partition coefficient (Wildman–Crippen LogP) is 4.79. The minimum atomic E-state index is -3.21. The molecule has 1 fully saturated rings.